The molecule has 1 fully saturated rings. The molecular weight excluding hydrogens is 759 g/mol. The molecule has 0 radical (unpaired) electrons. The molecular formula is C49H91N3O6S. The van der Waals surface area contributed by atoms with Crippen molar-refractivity contribution in [2.24, 2.45) is 0 Å². The number of rotatable bonds is 39. The zero-order valence-corrected chi connectivity index (χ0v) is 39.6. The summed E-state index contributed by atoms with van der Waals surface area (Å²) in [5.41, 5.74) is 0. The SMILES string of the molecule is CCCCC/C=C\C/C=C\CCCCCCCC(=O)OC1CC(NC(=S)NCCN(C)C)CC(OC(=O)CCC(OCCCCCCCC)OCCCCCCCC)C1. The van der Waals surface area contributed by atoms with Crippen LogP contribution < -0.4 is 10.6 Å². The van der Waals surface area contributed by atoms with Crippen molar-refractivity contribution in [1.29, 1.82) is 0 Å². The average molecular weight is 850 g/mol. The van der Waals surface area contributed by atoms with Crippen LogP contribution in [0.2, 0.25) is 0 Å². The van der Waals surface area contributed by atoms with Crippen LogP contribution in [0.5, 0.6) is 0 Å². The van der Waals surface area contributed by atoms with Crippen LogP contribution in [0.1, 0.15) is 207 Å². The first-order valence-electron chi connectivity index (χ1n) is 24.4. The Morgan fingerprint density at radius 2 is 1.10 bits per heavy atom. The fourth-order valence-corrected chi connectivity index (χ4v) is 7.64. The van der Waals surface area contributed by atoms with Crippen LogP contribution >= 0.6 is 12.2 Å². The van der Waals surface area contributed by atoms with Gasteiger partial charge in [-0.15, -0.1) is 0 Å². The van der Waals surface area contributed by atoms with Gasteiger partial charge < -0.3 is 34.5 Å². The number of unbranched alkanes of at least 4 members (excludes halogenated alkanes) is 18. The number of nitrogens with zero attached hydrogens (tertiary/aromatic N) is 1. The zero-order chi connectivity index (χ0) is 43.0. The summed E-state index contributed by atoms with van der Waals surface area (Å²) in [6.45, 7) is 9.57. The van der Waals surface area contributed by atoms with E-state index in [1.165, 1.54) is 89.9 Å². The second kappa shape index (κ2) is 40.1. The highest BCUT2D eigenvalue weighted by Crippen LogP contribution is 2.26. The van der Waals surface area contributed by atoms with Gasteiger partial charge in [0.05, 0.1) is 6.42 Å². The summed E-state index contributed by atoms with van der Waals surface area (Å²) >= 11 is 5.61. The Morgan fingerprint density at radius 3 is 1.66 bits per heavy atom. The van der Waals surface area contributed by atoms with Gasteiger partial charge in [-0.05, 0) is 77.7 Å². The van der Waals surface area contributed by atoms with Gasteiger partial charge in [-0.3, -0.25) is 9.59 Å². The van der Waals surface area contributed by atoms with E-state index >= 15 is 0 Å². The van der Waals surface area contributed by atoms with Gasteiger partial charge in [-0.25, -0.2) is 0 Å². The molecule has 59 heavy (non-hydrogen) atoms. The minimum Gasteiger partial charge on any atom is -0.462 e. The van der Waals surface area contributed by atoms with Crippen LogP contribution in [-0.4, -0.2) is 86.9 Å². The summed E-state index contributed by atoms with van der Waals surface area (Å²) in [6, 6.07) is -0.0800. The van der Waals surface area contributed by atoms with Crippen molar-refractivity contribution in [2.45, 2.75) is 232 Å². The van der Waals surface area contributed by atoms with Gasteiger partial charge in [-0.2, -0.15) is 0 Å². The molecule has 2 N–H and O–H groups in total. The van der Waals surface area contributed by atoms with E-state index < -0.39 is 6.29 Å². The van der Waals surface area contributed by atoms with Crippen molar-refractivity contribution in [2.75, 3.05) is 40.4 Å². The third-order valence-electron chi connectivity index (χ3n) is 10.9. The zero-order valence-electron chi connectivity index (χ0n) is 38.8. The second-order valence-corrected chi connectivity index (χ2v) is 17.5. The molecule has 0 heterocycles. The summed E-state index contributed by atoms with van der Waals surface area (Å²) in [5.74, 6) is -0.445. The van der Waals surface area contributed by atoms with Crippen LogP contribution in [0.25, 0.3) is 0 Å². The van der Waals surface area contributed by atoms with Crippen molar-refractivity contribution in [3.63, 3.8) is 0 Å². The Bertz CT molecular complexity index is 1050. The standard InChI is InChI=1S/C49H91N3O6S/c1-6-9-12-15-18-19-20-21-22-23-24-25-26-27-30-33-46(53)57-44-40-43(51-49(59)50-36-37-52(4)5)41-45(42-44)58-47(54)34-35-48(55-38-31-28-16-13-10-7-2)56-39-32-29-17-14-11-8-3/h18-19,21-22,43-45,48H,6-17,20,23-42H2,1-5H3,(H2,50,51,59)/b19-18-,22-21-. The molecule has 0 amide bonds. The normalized spacial score (nSPS) is 17.0. The highest BCUT2D eigenvalue weighted by Gasteiger charge is 2.34. The molecule has 0 saturated heterocycles. The number of carbonyl (C=O) groups is 2. The molecule has 9 nitrogen and oxygen atoms in total. The van der Waals surface area contributed by atoms with E-state index in [-0.39, 0.29) is 36.6 Å². The predicted octanol–water partition coefficient (Wildman–Crippen LogP) is 12.1. The van der Waals surface area contributed by atoms with Gasteiger partial charge in [-0.1, -0.05) is 141 Å². The number of nitrogens with one attached hydrogen (secondary N) is 2. The average Bonchev–Trinajstić information content (AvgIpc) is 3.20. The minimum atomic E-state index is -0.414. The minimum absolute atomic E-state index is 0.0800. The first kappa shape index (κ1) is 55.0. The van der Waals surface area contributed by atoms with Crippen LogP contribution in [0.4, 0.5) is 0 Å². The lowest BCUT2D eigenvalue weighted by Crippen LogP contribution is -2.49. The summed E-state index contributed by atoms with van der Waals surface area (Å²) in [6.07, 6.45) is 37.7. The fraction of sp³-hybridized carbons (Fsp3) is 0.857. The number of esters is 2. The summed E-state index contributed by atoms with van der Waals surface area (Å²) in [7, 11) is 4.05. The van der Waals surface area contributed by atoms with E-state index in [1.54, 1.807) is 0 Å². The topological polar surface area (TPSA) is 98.4 Å². The Hall–Kier alpha value is -2.01. The number of allylic oxidation sites excluding steroid dienone is 4. The molecule has 0 aromatic carbocycles. The van der Waals surface area contributed by atoms with Gasteiger partial charge in [0.15, 0.2) is 11.4 Å². The lowest BCUT2D eigenvalue weighted by atomic mass is 9.90. The monoisotopic (exact) mass is 850 g/mol. The molecule has 0 spiro atoms. The number of hydrogen-bond donors (Lipinski definition) is 2. The third kappa shape index (κ3) is 35.3. The lowest BCUT2D eigenvalue weighted by molar-refractivity contribution is -0.167. The first-order chi connectivity index (χ1) is 28.8. The Kier molecular flexibility index (Phi) is 37.4. The molecule has 1 aliphatic carbocycles. The number of ether oxygens (including phenoxy) is 4. The van der Waals surface area contributed by atoms with E-state index in [4.69, 9.17) is 31.2 Å². The maximum absolute atomic E-state index is 13.3. The highest BCUT2D eigenvalue weighted by molar-refractivity contribution is 7.80. The molecule has 0 bridgehead atoms. The van der Waals surface area contributed by atoms with Crippen molar-refractivity contribution in [3.8, 4) is 0 Å². The predicted molar refractivity (Wildman–Crippen MR) is 251 cm³/mol. The van der Waals surface area contributed by atoms with Crippen molar-refractivity contribution in [3.05, 3.63) is 24.3 Å². The molecule has 0 aromatic rings. The van der Waals surface area contributed by atoms with Crippen LogP contribution in [0, 0.1) is 0 Å². The molecule has 1 rings (SSSR count). The molecule has 3 atom stereocenters. The van der Waals surface area contributed by atoms with Crippen LogP contribution in [0.15, 0.2) is 24.3 Å². The lowest BCUT2D eigenvalue weighted by Gasteiger charge is -2.35. The molecule has 1 aliphatic rings. The second-order valence-electron chi connectivity index (χ2n) is 17.1. The smallest absolute Gasteiger partial charge is 0.306 e. The Labute approximate surface area is 368 Å². The van der Waals surface area contributed by atoms with Crippen molar-refractivity contribution >= 4 is 29.3 Å². The number of likely N-dealkylation sites (N-methyl/N-ethyl adjacent to an activating group) is 1. The largest absolute Gasteiger partial charge is 0.462 e. The Morgan fingerprint density at radius 1 is 0.627 bits per heavy atom. The van der Waals surface area contributed by atoms with E-state index in [9.17, 15) is 9.59 Å². The van der Waals surface area contributed by atoms with E-state index in [0.717, 1.165) is 70.9 Å². The maximum Gasteiger partial charge on any atom is 0.306 e. The molecule has 0 aliphatic heterocycles. The quantitative estimate of drug-likeness (QED) is 0.0204. The van der Waals surface area contributed by atoms with Gasteiger partial charge in [0.25, 0.3) is 0 Å². The third-order valence-corrected chi connectivity index (χ3v) is 11.2. The number of carbonyl (C=O) groups excluding carboxylic acids is 2. The number of hydrogen-bond acceptors (Lipinski definition) is 8. The molecule has 10 heteroatoms. The molecule has 1 saturated carbocycles. The van der Waals surface area contributed by atoms with Gasteiger partial charge in [0.1, 0.15) is 12.2 Å². The van der Waals surface area contributed by atoms with E-state index in [1.807, 2.05) is 14.1 Å². The van der Waals surface area contributed by atoms with Crippen molar-refractivity contribution in [1.82, 2.24) is 15.5 Å². The van der Waals surface area contributed by atoms with E-state index in [2.05, 4.69) is 60.6 Å². The van der Waals surface area contributed by atoms with Gasteiger partial charge in [0.2, 0.25) is 0 Å². The van der Waals surface area contributed by atoms with Crippen molar-refractivity contribution < 1.29 is 28.5 Å². The number of thiocarbonyl (C=S) groups is 1. The Balaban J connectivity index is 2.60. The summed E-state index contributed by atoms with van der Waals surface area (Å²) in [5, 5.41) is 7.24. The maximum atomic E-state index is 13.3. The molecule has 344 valence electrons. The fourth-order valence-electron chi connectivity index (χ4n) is 7.37. The van der Waals surface area contributed by atoms with E-state index in [0.29, 0.717) is 50.4 Å². The van der Waals surface area contributed by atoms with Gasteiger partial charge in [0, 0.05) is 64.4 Å². The van der Waals surface area contributed by atoms with Crippen LogP contribution in [0.3, 0.4) is 0 Å². The molecule has 3 unspecified atom stereocenters. The highest BCUT2D eigenvalue weighted by atomic mass is 32.1. The molecule has 0 aromatic heterocycles. The summed E-state index contributed by atoms with van der Waals surface area (Å²) < 4.78 is 24.4. The first-order valence-corrected chi connectivity index (χ1v) is 24.8. The summed E-state index contributed by atoms with van der Waals surface area (Å²) in [4.78, 5) is 28.4. The van der Waals surface area contributed by atoms with Gasteiger partial charge >= 0.3 is 11.9 Å². The van der Waals surface area contributed by atoms with Crippen LogP contribution in [-0.2, 0) is 28.5 Å².